The Kier molecular flexibility index (Phi) is 5.22. The van der Waals surface area contributed by atoms with Crippen LogP contribution in [0.2, 0.25) is 4.34 Å². The van der Waals surface area contributed by atoms with Crippen LogP contribution >= 0.6 is 22.9 Å². The Balaban J connectivity index is 2.04. The van der Waals surface area contributed by atoms with Crippen LogP contribution < -0.4 is 5.48 Å². The molecule has 0 saturated heterocycles. The first kappa shape index (κ1) is 13.6. The number of halogens is 1. The summed E-state index contributed by atoms with van der Waals surface area (Å²) in [7, 11) is 1.63. The molecule has 0 spiro atoms. The van der Waals surface area contributed by atoms with Crippen molar-refractivity contribution in [2.75, 3.05) is 20.3 Å². The highest BCUT2D eigenvalue weighted by Crippen LogP contribution is 2.31. The molecule has 0 aliphatic rings. The number of ether oxygens (including phenoxy) is 1. The van der Waals surface area contributed by atoms with E-state index < -0.39 is 0 Å². The maximum Gasteiger partial charge on any atom is 0.128 e. The number of hydrogen-bond donors (Lipinski definition) is 1. The van der Waals surface area contributed by atoms with Crippen molar-refractivity contribution < 1.29 is 14.0 Å². The summed E-state index contributed by atoms with van der Waals surface area (Å²) in [5.74, 6) is 0.783. The Labute approximate surface area is 114 Å². The zero-order valence-corrected chi connectivity index (χ0v) is 11.5. The van der Waals surface area contributed by atoms with Gasteiger partial charge in [-0.15, -0.1) is 11.3 Å². The average molecular weight is 288 g/mol. The SMILES string of the molecule is COCCONC(c1ccco1)c1ccc(Cl)s1. The van der Waals surface area contributed by atoms with Gasteiger partial charge in [0.2, 0.25) is 0 Å². The number of hydrogen-bond acceptors (Lipinski definition) is 5. The van der Waals surface area contributed by atoms with Crippen LogP contribution in [0.4, 0.5) is 0 Å². The second kappa shape index (κ2) is 6.92. The van der Waals surface area contributed by atoms with Crippen molar-refractivity contribution >= 4 is 22.9 Å². The molecule has 0 saturated carbocycles. The summed E-state index contributed by atoms with van der Waals surface area (Å²) in [6.07, 6.45) is 1.63. The van der Waals surface area contributed by atoms with E-state index in [4.69, 9.17) is 25.6 Å². The molecule has 1 unspecified atom stereocenters. The van der Waals surface area contributed by atoms with Crippen molar-refractivity contribution in [2.45, 2.75) is 6.04 Å². The number of thiophene rings is 1. The maximum absolute atomic E-state index is 5.95. The Morgan fingerprint density at radius 2 is 2.28 bits per heavy atom. The molecule has 2 rings (SSSR count). The van der Waals surface area contributed by atoms with Gasteiger partial charge in [-0.25, -0.2) is 0 Å². The van der Waals surface area contributed by atoms with E-state index >= 15 is 0 Å². The molecule has 2 aromatic rings. The Bertz CT molecular complexity index is 458. The summed E-state index contributed by atoms with van der Waals surface area (Å²) < 4.78 is 11.1. The van der Waals surface area contributed by atoms with Crippen LogP contribution in [-0.4, -0.2) is 20.3 Å². The molecule has 0 aromatic carbocycles. The van der Waals surface area contributed by atoms with Gasteiger partial charge in [-0.1, -0.05) is 11.6 Å². The largest absolute Gasteiger partial charge is 0.467 e. The van der Waals surface area contributed by atoms with E-state index in [-0.39, 0.29) is 6.04 Å². The molecule has 0 radical (unpaired) electrons. The topological polar surface area (TPSA) is 43.6 Å². The van der Waals surface area contributed by atoms with E-state index in [2.05, 4.69) is 5.48 Å². The standard InChI is InChI=1S/C12H14ClNO3S/c1-15-7-8-17-14-12(9-3-2-6-16-9)10-4-5-11(13)18-10/h2-6,12,14H,7-8H2,1H3. The molecule has 0 bridgehead atoms. The van der Waals surface area contributed by atoms with E-state index in [0.717, 1.165) is 15.0 Å². The van der Waals surface area contributed by atoms with Crippen molar-refractivity contribution in [1.82, 2.24) is 5.48 Å². The van der Waals surface area contributed by atoms with Gasteiger partial charge < -0.3 is 9.15 Å². The van der Waals surface area contributed by atoms with E-state index in [1.54, 1.807) is 13.4 Å². The van der Waals surface area contributed by atoms with Crippen molar-refractivity contribution in [3.63, 3.8) is 0 Å². The molecule has 18 heavy (non-hydrogen) atoms. The van der Waals surface area contributed by atoms with Crippen molar-refractivity contribution in [3.05, 3.63) is 45.5 Å². The average Bonchev–Trinajstić information content (AvgIpc) is 3.01. The fourth-order valence-electron chi connectivity index (χ4n) is 1.46. The molecule has 1 N–H and O–H groups in total. The fourth-order valence-corrected chi connectivity index (χ4v) is 2.57. The molecule has 2 heterocycles. The molecule has 0 aliphatic carbocycles. The minimum atomic E-state index is -0.158. The van der Waals surface area contributed by atoms with Crippen molar-refractivity contribution in [2.24, 2.45) is 0 Å². The number of furan rings is 1. The molecule has 1 atom stereocenters. The molecule has 0 fully saturated rings. The number of hydroxylamine groups is 1. The highest BCUT2D eigenvalue weighted by Gasteiger charge is 2.18. The Morgan fingerprint density at radius 1 is 1.39 bits per heavy atom. The maximum atomic E-state index is 5.95. The minimum Gasteiger partial charge on any atom is -0.467 e. The van der Waals surface area contributed by atoms with Crippen LogP contribution in [0.15, 0.2) is 34.9 Å². The molecule has 98 valence electrons. The molecule has 0 amide bonds. The lowest BCUT2D eigenvalue weighted by molar-refractivity contribution is -0.00821. The van der Waals surface area contributed by atoms with E-state index in [0.29, 0.717) is 13.2 Å². The monoisotopic (exact) mass is 287 g/mol. The van der Waals surface area contributed by atoms with E-state index in [9.17, 15) is 0 Å². The van der Waals surface area contributed by atoms with Gasteiger partial charge in [-0.05, 0) is 24.3 Å². The zero-order valence-electron chi connectivity index (χ0n) is 9.89. The van der Waals surface area contributed by atoms with Crippen LogP contribution in [-0.2, 0) is 9.57 Å². The van der Waals surface area contributed by atoms with Crippen LogP contribution in [0, 0.1) is 0 Å². The van der Waals surface area contributed by atoms with Gasteiger partial charge in [-0.2, -0.15) is 5.48 Å². The third-order valence-corrected chi connectivity index (χ3v) is 3.59. The van der Waals surface area contributed by atoms with Gasteiger partial charge in [0.05, 0.1) is 23.8 Å². The zero-order chi connectivity index (χ0) is 12.8. The molecular formula is C12H14ClNO3S. The summed E-state index contributed by atoms with van der Waals surface area (Å²) in [6.45, 7) is 0.996. The highest BCUT2D eigenvalue weighted by atomic mass is 35.5. The summed E-state index contributed by atoms with van der Waals surface area (Å²) in [4.78, 5) is 6.39. The fraction of sp³-hybridized carbons (Fsp3) is 0.333. The van der Waals surface area contributed by atoms with Gasteiger partial charge in [0.1, 0.15) is 11.8 Å². The lowest BCUT2D eigenvalue weighted by atomic mass is 10.2. The first-order chi connectivity index (χ1) is 8.81. The lowest BCUT2D eigenvalue weighted by Crippen LogP contribution is -2.23. The van der Waals surface area contributed by atoms with Gasteiger partial charge >= 0.3 is 0 Å². The Hall–Kier alpha value is -0.850. The van der Waals surface area contributed by atoms with E-state index in [1.807, 2.05) is 24.3 Å². The van der Waals surface area contributed by atoms with Crippen LogP contribution in [0.1, 0.15) is 16.7 Å². The smallest absolute Gasteiger partial charge is 0.128 e. The van der Waals surface area contributed by atoms with Crippen molar-refractivity contribution in [1.29, 1.82) is 0 Å². The van der Waals surface area contributed by atoms with Gasteiger partial charge in [0, 0.05) is 12.0 Å². The van der Waals surface area contributed by atoms with Crippen molar-refractivity contribution in [3.8, 4) is 0 Å². The molecule has 4 nitrogen and oxygen atoms in total. The summed E-state index contributed by atoms with van der Waals surface area (Å²) >= 11 is 7.44. The molecule has 0 aliphatic heterocycles. The quantitative estimate of drug-likeness (QED) is 0.627. The molecular weight excluding hydrogens is 274 g/mol. The van der Waals surface area contributed by atoms with Crippen LogP contribution in [0.3, 0.4) is 0 Å². The van der Waals surface area contributed by atoms with Gasteiger partial charge in [-0.3, -0.25) is 4.84 Å². The number of methoxy groups -OCH3 is 1. The lowest BCUT2D eigenvalue weighted by Gasteiger charge is -2.14. The second-order valence-corrected chi connectivity index (χ2v) is 5.30. The first-order valence-corrected chi connectivity index (χ1v) is 6.65. The van der Waals surface area contributed by atoms with Gasteiger partial charge in [0.15, 0.2) is 0 Å². The third-order valence-electron chi connectivity index (χ3n) is 2.30. The number of nitrogens with one attached hydrogen (secondary N) is 1. The Morgan fingerprint density at radius 3 is 2.89 bits per heavy atom. The normalized spacial score (nSPS) is 12.8. The minimum absolute atomic E-state index is 0.158. The van der Waals surface area contributed by atoms with Gasteiger partial charge in [0.25, 0.3) is 0 Å². The second-order valence-electron chi connectivity index (χ2n) is 3.55. The highest BCUT2D eigenvalue weighted by molar-refractivity contribution is 7.16. The predicted molar refractivity (Wildman–Crippen MR) is 70.8 cm³/mol. The summed E-state index contributed by atoms with van der Waals surface area (Å²) in [5, 5.41) is 0. The first-order valence-electron chi connectivity index (χ1n) is 5.46. The molecule has 6 heteroatoms. The number of rotatable bonds is 7. The van der Waals surface area contributed by atoms with Crippen LogP contribution in [0.25, 0.3) is 0 Å². The third kappa shape index (κ3) is 3.57. The van der Waals surface area contributed by atoms with Crippen LogP contribution in [0.5, 0.6) is 0 Å². The summed E-state index contributed by atoms with van der Waals surface area (Å²) in [5.41, 5.74) is 2.96. The molecule has 2 aromatic heterocycles. The summed E-state index contributed by atoms with van der Waals surface area (Å²) in [6, 6.07) is 7.38. The van der Waals surface area contributed by atoms with E-state index in [1.165, 1.54) is 11.3 Å². The predicted octanol–water partition coefficient (Wildman–Crippen LogP) is 3.25.